The molecule has 0 aliphatic heterocycles. The molecule has 0 fully saturated rings. The van der Waals surface area contributed by atoms with Gasteiger partial charge in [-0.05, 0) is 51.9 Å². The van der Waals surface area contributed by atoms with Crippen LogP contribution >= 0.6 is 15.6 Å². The zero-order valence-corrected chi connectivity index (χ0v) is 63.3. The van der Waals surface area contributed by atoms with Crippen LogP contribution in [-0.2, 0) is 88.6 Å². The van der Waals surface area contributed by atoms with E-state index in [-0.39, 0.29) is 44.4 Å². The molecule has 494 valence electrons. The lowest BCUT2D eigenvalue weighted by Gasteiger charge is -2.27. The highest BCUT2D eigenvalue weighted by Gasteiger charge is 2.39. The van der Waals surface area contributed by atoms with Crippen LogP contribution < -0.4 is 32.3 Å². The second kappa shape index (κ2) is 60.2. The monoisotopic (exact) mass is 1350 g/mol. The zero-order chi connectivity index (χ0) is 61.7. The molecule has 2 atom stereocenters. The molecule has 0 aliphatic rings. The van der Waals surface area contributed by atoms with Crippen molar-refractivity contribution in [3.05, 3.63) is 0 Å². The van der Waals surface area contributed by atoms with E-state index in [4.69, 9.17) is 78.4 Å². The van der Waals surface area contributed by atoms with Gasteiger partial charge in [-0.15, -0.1) is 0 Å². The summed E-state index contributed by atoms with van der Waals surface area (Å²) < 4.78 is 111. The minimum atomic E-state index is -4.29. The minimum absolute atomic E-state index is 0. The van der Waals surface area contributed by atoms with E-state index < -0.39 is 86.8 Å². The predicted molar refractivity (Wildman–Crippen MR) is 336 cm³/mol. The molecule has 0 saturated carbocycles. The SMILES string of the molecule is C.C.CO[SiH2]C.CO[Si](CCCN)(OC)OC.CO[Si](CCCN)(OC)O[SiH2]C.CO[Si](CCCN)(OC)O[SiH2]C.CO[Si](CCCNCCOP(=O)([O-])OCC[N+](C)(C)C)(OC)O[SiH2]C.C[N+](C)(C)CCOP(=O)([O-])OCC=O. The maximum Gasteiger partial charge on any atom is 0.500 e. The number of hydrogen-bond donors (Lipinski definition) is 4. The Morgan fingerprint density at radius 3 is 0.988 bits per heavy atom. The van der Waals surface area contributed by atoms with Gasteiger partial charge in [-0.3, -0.25) is 9.13 Å². The number of carbonyl (C=O) groups is 1. The van der Waals surface area contributed by atoms with Crippen LogP contribution in [0.2, 0.25) is 50.4 Å². The highest BCUT2D eigenvalue weighted by atomic mass is 31.2. The Bertz CT molecular complexity index is 1380. The van der Waals surface area contributed by atoms with Crippen LogP contribution in [0.3, 0.4) is 0 Å². The van der Waals surface area contributed by atoms with Gasteiger partial charge in [0.2, 0.25) is 0 Å². The van der Waals surface area contributed by atoms with E-state index in [1.807, 2.05) is 48.8 Å². The molecule has 0 rings (SSSR count). The molecule has 0 bridgehead atoms. The summed E-state index contributed by atoms with van der Waals surface area (Å²) in [6.07, 6.45) is 3.86. The molecule has 7 N–H and O–H groups in total. The van der Waals surface area contributed by atoms with Crippen molar-refractivity contribution < 1.29 is 107 Å². The van der Waals surface area contributed by atoms with E-state index in [9.17, 15) is 23.7 Å². The van der Waals surface area contributed by atoms with Crippen LogP contribution in [-0.4, -0.2) is 275 Å². The van der Waals surface area contributed by atoms with Crippen LogP contribution in [0.5, 0.6) is 0 Å². The average molecular weight is 1350 g/mol. The fraction of sp³-hybridized carbons (Fsp3) is 0.976. The summed E-state index contributed by atoms with van der Waals surface area (Å²) in [7, 11) is 8.49. The Kier molecular flexibility index (Phi) is 73.1. The average Bonchev–Trinajstić information content (AvgIpc) is 3.40. The van der Waals surface area contributed by atoms with Gasteiger partial charge in [0, 0.05) is 102 Å². The lowest BCUT2D eigenvalue weighted by molar-refractivity contribution is -0.870. The number of carbonyl (C=O) groups excluding carboxylic acids is 1. The number of nitrogens with zero attached hydrogens (tertiary/aromatic N) is 2. The summed E-state index contributed by atoms with van der Waals surface area (Å²) in [6.45, 7) is 12.2. The zero-order valence-electron chi connectivity index (χ0n) is 51.8. The number of quaternary nitrogens is 2. The summed E-state index contributed by atoms with van der Waals surface area (Å²) in [5.74, 6) is 0. The normalized spacial score (nSPS) is 13.9. The maximum absolute atomic E-state index is 11.6. The van der Waals surface area contributed by atoms with Crippen molar-refractivity contribution in [3.63, 3.8) is 0 Å². The second-order valence-electron chi connectivity index (χ2n) is 17.9. The number of rotatable bonds is 44. The quantitative estimate of drug-likeness (QED) is 0.0199. The molecule has 0 amide bonds. The number of hydrogen-bond acceptors (Lipinski definition) is 26. The first-order valence-electron chi connectivity index (χ1n) is 25.9. The minimum Gasteiger partial charge on any atom is -0.756 e. The predicted octanol–water partition coefficient (Wildman–Crippen LogP) is -0.372. The van der Waals surface area contributed by atoms with E-state index in [0.29, 0.717) is 61.1 Å². The first kappa shape index (κ1) is 97.1. The molecule has 0 aromatic rings. The third-order valence-electron chi connectivity index (χ3n) is 9.93. The van der Waals surface area contributed by atoms with Crippen molar-refractivity contribution in [2.24, 2.45) is 17.2 Å². The Labute approximate surface area is 500 Å². The smallest absolute Gasteiger partial charge is 0.500 e. The molecule has 0 aromatic carbocycles. The van der Waals surface area contributed by atoms with Gasteiger partial charge >= 0.3 is 35.2 Å². The fourth-order valence-corrected chi connectivity index (χ4v) is 22.0. The molecular weight excluding hydrogens is 1230 g/mol. The summed E-state index contributed by atoms with van der Waals surface area (Å²) in [5.41, 5.74) is 16.2. The molecule has 0 heterocycles. The molecular formula is C42H122N6O22P2Si8. The van der Waals surface area contributed by atoms with Crippen molar-refractivity contribution in [2.75, 3.05) is 186 Å². The number of aldehydes is 1. The Hall–Kier alpha value is 0.865. The number of phosphoric ester groups is 2. The molecule has 80 heavy (non-hydrogen) atoms. The van der Waals surface area contributed by atoms with Crippen LogP contribution in [0, 0.1) is 0 Å². The van der Waals surface area contributed by atoms with Crippen molar-refractivity contribution in [3.8, 4) is 0 Å². The van der Waals surface area contributed by atoms with Gasteiger partial charge < -0.3 is 121 Å². The van der Waals surface area contributed by atoms with Crippen LogP contribution in [0.25, 0.3) is 0 Å². The lowest BCUT2D eigenvalue weighted by atomic mass is 10.5. The van der Waals surface area contributed by atoms with Crippen molar-refractivity contribution in [1.82, 2.24) is 5.32 Å². The first-order chi connectivity index (χ1) is 36.5. The molecule has 0 saturated heterocycles. The van der Waals surface area contributed by atoms with E-state index in [2.05, 4.69) is 38.4 Å². The van der Waals surface area contributed by atoms with Gasteiger partial charge in [0.1, 0.15) is 68.5 Å². The highest BCUT2D eigenvalue weighted by molar-refractivity contribution is 7.46. The molecule has 0 spiro atoms. The summed E-state index contributed by atoms with van der Waals surface area (Å²) in [4.78, 5) is 32.3. The van der Waals surface area contributed by atoms with Gasteiger partial charge in [-0.1, -0.05) is 41.0 Å². The summed E-state index contributed by atoms with van der Waals surface area (Å²) >= 11 is 0. The topological polar surface area (TPSA) is 344 Å². The Balaban J connectivity index is -0.000000137. The van der Waals surface area contributed by atoms with E-state index in [1.165, 1.54) is 0 Å². The fourth-order valence-electron chi connectivity index (χ4n) is 5.44. The molecule has 0 aromatic heterocycles. The largest absolute Gasteiger partial charge is 0.756 e. The maximum atomic E-state index is 11.6. The summed E-state index contributed by atoms with van der Waals surface area (Å²) in [6, 6.07) is 3.17. The number of phosphoric acid groups is 2. The Morgan fingerprint density at radius 2 is 0.738 bits per heavy atom. The van der Waals surface area contributed by atoms with Crippen LogP contribution in [0.1, 0.15) is 40.5 Å². The van der Waals surface area contributed by atoms with Gasteiger partial charge in [-0.25, -0.2) is 0 Å². The van der Waals surface area contributed by atoms with Crippen molar-refractivity contribution in [1.29, 1.82) is 0 Å². The molecule has 0 aliphatic carbocycles. The third-order valence-corrected chi connectivity index (χ3v) is 30.7. The van der Waals surface area contributed by atoms with Crippen LogP contribution in [0.15, 0.2) is 0 Å². The van der Waals surface area contributed by atoms with E-state index >= 15 is 0 Å². The first-order valence-corrected chi connectivity index (χ1v) is 44.6. The second-order valence-corrected chi connectivity index (χ2v) is 38.2. The number of likely N-dealkylation sites (N-methyl/N-ethyl adjacent to an activating group) is 2. The number of nitrogens with two attached hydrogens (primary N) is 3. The Morgan fingerprint density at radius 1 is 0.463 bits per heavy atom. The number of nitrogens with one attached hydrogen (secondary N) is 1. The molecule has 0 radical (unpaired) electrons. The van der Waals surface area contributed by atoms with E-state index in [1.54, 1.807) is 71.1 Å². The van der Waals surface area contributed by atoms with E-state index in [0.717, 1.165) is 49.9 Å². The lowest BCUT2D eigenvalue weighted by Crippen LogP contribution is -2.45. The third kappa shape index (κ3) is 60.5. The molecule has 38 heteroatoms. The van der Waals surface area contributed by atoms with Crippen molar-refractivity contribution >= 4 is 96.2 Å². The van der Waals surface area contributed by atoms with Crippen LogP contribution in [0.4, 0.5) is 0 Å². The van der Waals surface area contributed by atoms with Gasteiger partial charge in [0.25, 0.3) is 15.6 Å². The molecule has 28 nitrogen and oxygen atoms in total. The van der Waals surface area contributed by atoms with Gasteiger partial charge in [0.05, 0.1) is 48.9 Å². The summed E-state index contributed by atoms with van der Waals surface area (Å²) in [5, 5.41) is 3.12. The molecule has 2 unspecified atom stereocenters. The standard InChI is InChI=1S/C13H35N2O7PSi2.C7H16NO5P.2C6H19NO3Si2.C6H17NO3Si.C2H8OSi.2CH4/c1-15(2,3)10-12-21-23(16,17)20-11-9-14-8-7-13-25(18-4,19-5)22-24-6;1-8(2,3)4-6-12-14(10,11)13-7-5-9;2*1-8-12(9-2,10-11-3)6-4-5-7;1-8-11(9-2,10-3)6-4-5-7;1-3-4-2;;/h14H,7-13,24H2,1-6H3;5H,4,6-7H2,1-3H3;2*4-7,11H2,1-3H3;4-7H2,1-3H3;4H2,1-2H3;2*1H4. The van der Waals surface area contributed by atoms with Crippen molar-refractivity contribution in [2.45, 2.75) is 90.9 Å². The van der Waals surface area contributed by atoms with Gasteiger partial charge in [0.15, 0.2) is 9.76 Å². The van der Waals surface area contributed by atoms with Gasteiger partial charge in [-0.2, -0.15) is 0 Å². The highest BCUT2D eigenvalue weighted by Crippen LogP contribution is 2.38.